The Bertz CT molecular complexity index is 328. The molecule has 0 saturated heterocycles. The molecule has 0 aromatic heterocycles. The van der Waals surface area contributed by atoms with Gasteiger partial charge in [0.05, 0.1) is 0 Å². The van der Waals surface area contributed by atoms with Crippen LogP contribution < -0.4 is 5.32 Å². The van der Waals surface area contributed by atoms with Crippen LogP contribution in [-0.2, 0) is 13.1 Å². The molecule has 2 nitrogen and oxygen atoms in total. The summed E-state index contributed by atoms with van der Waals surface area (Å²) in [6.45, 7) is 9.05. The third kappa shape index (κ3) is 6.22. The first-order chi connectivity index (χ1) is 9.31. The van der Waals surface area contributed by atoms with E-state index in [1.807, 2.05) is 7.05 Å². The predicted molar refractivity (Wildman–Crippen MR) is 84.3 cm³/mol. The molecule has 0 unspecified atom stereocenters. The molecule has 1 aromatic carbocycles. The zero-order chi connectivity index (χ0) is 13.9. The molecule has 1 N–H and O–H groups in total. The van der Waals surface area contributed by atoms with E-state index in [-0.39, 0.29) is 0 Å². The fourth-order valence-electron chi connectivity index (χ4n) is 2.35. The Hall–Kier alpha value is -0.860. The van der Waals surface area contributed by atoms with E-state index in [1.165, 1.54) is 49.9 Å². The van der Waals surface area contributed by atoms with Crippen LogP contribution in [0.3, 0.4) is 0 Å². The zero-order valence-electron chi connectivity index (χ0n) is 12.9. The summed E-state index contributed by atoms with van der Waals surface area (Å²) in [5.41, 5.74) is 2.91. The van der Waals surface area contributed by atoms with Crippen molar-refractivity contribution in [3.05, 3.63) is 35.4 Å². The minimum atomic E-state index is 0.964. The van der Waals surface area contributed by atoms with Crippen LogP contribution in [0.25, 0.3) is 0 Å². The summed E-state index contributed by atoms with van der Waals surface area (Å²) in [5.74, 6) is 0. The maximum absolute atomic E-state index is 3.27. The second-order valence-corrected chi connectivity index (χ2v) is 5.28. The summed E-state index contributed by atoms with van der Waals surface area (Å²) < 4.78 is 0. The molecule has 0 spiro atoms. The van der Waals surface area contributed by atoms with E-state index >= 15 is 0 Å². The van der Waals surface area contributed by atoms with Crippen LogP contribution in [0.15, 0.2) is 24.3 Å². The van der Waals surface area contributed by atoms with Gasteiger partial charge < -0.3 is 5.32 Å². The Morgan fingerprint density at radius 2 is 1.53 bits per heavy atom. The number of benzene rings is 1. The third-order valence-electron chi connectivity index (χ3n) is 3.54. The van der Waals surface area contributed by atoms with E-state index in [1.54, 1.807) is 0 Å². The lowest BCUT2D eigenvalue weighted by atomic mass is 10.1. The van der Waals surface area contributed by atoms with Gasteiger partial charge in [0.15, 0.2) is 0 Å². The Labute approximate surface area is 119 Å². The molecular weight excluding hydrogens is 232 g/mol. The number of nitrogens with one attached hydrogen (secondary N) is 1. The van der Waals surface area contributed by atoms with Gasteiger partial charge in [0, 0.05) is 13.1 Å². The van der Waals surface area contributed by atoms with Crippen LogP contribution in [0.1, 0.15) is 50.7 Å². The van der Waals surface area contributed by atoms with Crippen molar-refractivity contribution < 1.29 is 0 Å². The SMILES string of the molecule is CCCCN(CCCC)Cc1ccccc1CNC. The second kappa shape index (κ2) is 9.99. The maximum Gasteiger partial charge on any atom is 0.0236 e. The average Bonchev–Trinajstić information content (AvgIpc) is 2.44. The van der Waals surface area contributed by atoms with Gasteiger partial charge in [-0.15, -0.1) is 0 Å². The molecule has 0 aliphatic carbocycles. The molecule has 1 aromatic rings. The summed E-state index contributed by atoms with van der Waals surface area (Å²) in [7, 11) is 2.02. The first kappa shape index (κ1) is 16.2. The lowest BCUT2D eigenvalue weighted by molar-refractivity contribution is 0.256. The zero-order valence-corrected chi connectivity index (χ0v) is 12.9. The minimum Gasteiger partial charge on any atom is -0.316 e. The van der Waals surface area contributed by atoms with Gasteiger partial charge >= 0.3 is 0 Å². The summed E-state index contributed by atoms with van der Waals surface area (Å²) >= 11 is 0. The van der Waals surface area contributed by atoms with Crippen LogP contribution in [0.2, 0.25) is 0 Å². The molecule has 0 atom stereocenters. The lowest BCUT2D eigenvalue weighted by Crippen LogP contribution is -2.26. The second-order valence-electron chi connectivity index (χ2n) is 5.28. The van der Waals surface area contributed by atoms with E-state index in [2.05, 4.69) is 48.3 Å². The minimum absolute atomic E-state index is 0.964. The van der Waals surface area contributed by atoms with Gasteiger partial charge in [-0.05, 0) is 44.1 Å². The number of rotatable bonds is 10. The van der Waals surface area contributed by atoms with Crippen LogP contribution in [0, 0.1) is 0 Å². The lowest BCUT2D eigenvalue weighted by Gasteiger charge is -2.23. The number of hydrogen-bond acceptors (Lipinski definition) is 2. The van der Waals surface area contributed by atoms with E-state index < -0.39 is 0 Å². The average molecular weight is 262 g/mol. The third-order valence-corrected chi connectivity index (χ3v) is 3.54. The molecule has 0 bridgehead atoms. The number of hydrogen-bond donors (Lipinski definition) is 1. The van der Waals surface area contributed by atoms with Crippen LogP contribution in [0.5, 0.6) is 0 Å². The molecule has 2 heteroatoms. The molecule has 0 amide bonds. The Morgan fingerprint density at radius 3 is 2.05 bits per heavy atom. The highest BCUT2D eigenvalue weighted by Gasteiger charge is 2.08. The molecule has 0 saturated carbocycles. The van der Waals surface area contributed by atoms with Crippen molar-refractivity contribution in [2.24, 2.45) is 0 Å². The van der Waals surface area contributed by atoms with Crippen molar-refractivity contribution in [2.45, 2.75) is 52.6 Å². The van der Waals surface area contributed by atoms with Crippen molar-refractivity contribution >= 4 is 0 Å². The maximum atomic E-state index is 3.27. The Morgan fingerprint density at radius 1 is 0.947 bits per heavy atom. The van der Waals surface area contributed by atoms with E-state index in [0.29, 0.717) is 0 Å². The molecule has 108 valence electrons. The van der Waals surface area contributed by atoms with Gasteiger partial charge in [-0.2, -0.15) is 0 Å². The normalized spacial score (nSPS) is 11.2. The standard InChI is InChI=1S/C17H30N2/c1-4-6-12-19(13-7-5-2)15-17-11-9-8-10-16(17)14-18-3/h8-11,18H,4-7,12-15H2,1-3H3. The molecule has 0 aliphatic heterocycles. The highest BCUT2D eigenvalue weighted by atomic mass is 15.1. The van der Waals surface area contributed by atoms with Crippen molar-refractivity contribution in [1.29, 1.82) is 0 Å². The fourth-order valence-corrected chi connectivity index (χ4v) is 2.35. The van der Waals surface area contributed by atoms with Gasteiger partial charge in [0.2, 0.25) is 0 Å². The quantitative estimate of drug-likeness (QED) is 0.690. The van der Waals surface area contributed by atoms with Gasteiger partial charge in [0.1, 0.15) is 0 Å². The van der Waals surface area contributed by atoms with Crippen molar-refractivity contribution in [1.82, 2.24) is 10.2 Å². The first-order valence-electron chi connectivity index (χ1n) is 7.75. The first-order valence-corrected chi connectivity index (χ1v) is 7.75. The molecular formula is C17H30N2. The van der Waals surface area contributed by atoms with Gasteiger partial charge in [-0.25, -0.2) is 0 Å². The van der Waals surface area contributed by atoms with Crippen LogP contribution in [-0.4, -0.2) is 25.0 Å². The van der Waals surface area contributed by atoms with Crippen LogP contribution >= 0.6 is 0 Å². The van der Waals surface area contributed by atoms with E-state index in [4.69, 9.17) is 0 Å². The smallest absolute Gasteiger partial charge is 0.0236 e. The molecule has 0 heterocycles. The van der Waals surface area contributed by atoms with Crippen molar-refractivity contribution in [2.75, 3.05) is 20.1 Å². The summed E-state index contributed by atoms with van der Waals surface area (Å²) in [4.78, 5) is 2.61. The van der Waals surface area contributed by atoms with Crippen LogP contribution in [0.4, 0.5) is 0 Å². The molecule has 1 rings (SSSR count). The highest BCUT2D eigenvalue weighted by Crippen LogP contribution is 2.13. The van der Waals surface area contributed by atoms with Gasteiger partial charge in [-0.3, -0.25) is 4.90 Å². The predicted octanol–water partition coefficient (Wildman–Crippen LogP) is 3.81. The highest BCUT2D eigenvalue weighted by molar-refractivity contribution is 5.26. The van der Waals surface area contributed by atoms with Gasteiger partial charge in [0.25, 0.3) is 0 Å². The topological polar surface area (TPSA) is 15.3 Å². The summed E-state index contributed by atoms with van der Waals surface area (Å²) in [6.07, 6.45) is 5.16. The number of nitrogens with zero attached hydrogens (tertiary/aromatic N) is 1. The van der Waals surface area contributed by atoms with Gasteiger partial charge in [-0.1, -0.05) is 51.0 Å². The van der Waals surface area contributed by atoms with Crippen molar-refractivity contribution in [3.8, 4) is 0 Å². The van der Waals surface area contributed by atoms with Crippen molar-refractivity contribution in [3.63, 3.8) is 0 Å². The monoisotopic (exact) mass is 262 g/mol. The molecule has 0 radical (unpaired) electrons. The largest absolute Gasteiger partial charge is 0.316 e. The molecule has 19 heavy (non-hydrogen) atoms. The van der Waals surface area contributed by atoms with E-state index in [9.17, 15) is 0 Å². The number of unbranched alkanes of at least 4 members (excludes halogenated alkanes) is 2. The molecule has 0 fully saturated rings. The Balaban J connectivity index is 2.65. The molecule has 0 aliphatic rings. The Kier molecular flexibility index (Phi) is 8.52. The summed E-state index contributed by atoms with van der Waals surface area (Å²) in [6, 6.07) is 8.81. The summed E-state index contributed by atoms with van der Waals surface area (Å²) in [5, 5.41) is 3.27. The van der Waals surface area contributed by atoms with E-state index in [0.717, 1.165) is 13.1 Å². The fraction of sp³-hybridized carbons (Fsp3) is 0.647.